The molecule has 0 aromatic carbocycles. The van der Waals surface area contributed by atoms with Crippen molar-refractivity contribution in [1.82, 2.24) is 15.1 Å². The Morgan fingerprint density at radius 1 is 1.44 bits per heavy atom. The summed E-state index contributed by atoms with van der Waals surface area (Å²) in [6.45, 7) is 3.22. The predicted octanol–water partition coefficient (Wildman–Crippen LogP) is -1.35. The second-order valence-corrected chi connectivity index (χ2v) is 4.06. The van der Waals surface area contributed by atoms with Gasteiger partial charge in [0.2, 0.25) is 0 Å². The van der Waals surface area contributed by atoms with Crippen LogP contribution in [0.4, 0.5) is 0 Å². The van der Waals surface area contributed by atoms with E-state index in [1.165, 1.54) is 0 Å². The molecular formula is C11H15N3O2. The van der Waals surface area contributed by atoms with Gasteiger partial charge in [-0.05, 0) is 0 Å². The first-order valence-corrected chi connectivity index (χ1v) is 5.48. The molecule has 1 unspecified atom stereocenters. The van der Waals surface area contributed by atoms with Gasteiger partial charge in [-0.15, -0.1) is 12.3 Å². The first-order chi connectivity index (χ1) is 7.74. The summed E-state index contributed by atoms with van der Waals surface area (Å²) in [6.07, 6.45) is 5.66. The van der Waals surface area contributed by atoms with Crippen molar-refractivity contribution in [2.24, 2.45) is 0 Å². The lowest BCUT2D eigenvalue weighted by molar-refractivity contribution is -0.159. The molecule has 1 atom stereocenters. The molecule has 2 amide bonds. The predicted molar refractivity (Wildman–Crippen MR) is 58.4 cm³/mol. The lowest BCUT2D eigenvalue weighted by Gasteiger charge is -2.43. The molecule has 2 fully saturated rings. The fourth-order valence-electron chi connectivity index (χ4n) is 2.18. The van der Waals surface area contributed by atoms with Crippen molar-refractivity contribution in [3.8, 4) is 12.3 Å². The Morgan fingerprint density at radius 3 is 3.00 bits per heavy atom. The molecule has 5 heteroatoms. The fourth-order valence-corrected chi connectivity index (χ4v) is 2.18. The van der Waals surface area contributed by atoms with E-state index in [0.717, 1.165) is 13.1 Å². The Balaban J connectivity index is 2.06. The summed E-state index contributed by atoms with van der Waals surface area (Å²) in [5.74, 6) is 1.70. The maximum absolute atomic E-state index is 11.8. The number of amides is 2. The van der Waals surface area contributed by atoms with Crippen LogP contribution in [0.1, 0.15) is 6.42 Å². The maximum atomic E-state index is 11.8. The number of fused-ring (bicyclic) bond motifs is 1. The van der Waals surface area contributed by atoms with Crippen molar-refractivity contribution >= 4 is 11.8 Å². The largest absolute Gasteiger partial charge is 0.331 e. The third-order valence-electron chi connectivity index (χ3n) is 3.04. The van der Waals surface area contributed by atoms with Crippen LogP contribution in [-0.2, 0) is 9.59 Å². The highest BCUT2D eigenvalue weighted by molar-refractivity contribution is 6.35. The third-order valence-corrected chi connectivity index (χ3v) is 3.04. The van der Waals surface area contributed by atoms with Gasteiger partial charge in [0.1, 0.15) is 0 Å². The average molecular weight is 221 g/mol. The number of terminal acetylenes is 1. The Kier molecular flexibility index (Phi) is 3.11. The Bertz CT molecular complexity index is 348. The molecule has 0 aromatic heterocycles. The zero-order chi connectivity index (χ0) is 11.5. The van der Waals surface area contributed by atoms with E-state index in [4.69, 9.17) is 6.42 Å². The van der Waals surface area contributed by atoms with Gasteiger partial charge in [0.25, 0.3) is 0 Å². The van der Waals surface area contributed by atoms with Crippen molar-refractivity contribution in [3.05, 3.63) is 0 Å². The van der Waals surface area contributed by atoms with Crippen LogP contribution in [0.25, 0.3) is 0 Å². The minimum atomic E-state index is -0.409. The SMILES string of the molecule is C#CCCN1CC2CNCCN2C(=O)C1=O. The van der Waals surface area contributed by atoms with Crippen molar-refractivity contribution in [1.29, 1.82) is 0 Å². The Hall–Kier alpha value is -1.54. The van der Waals surface area contributed by atoms with Gasteiger partial charge in [-0.25, -0.2) is 0 Å². The van der Waals surface area contributed by atoms with Crippen LogP contribution in [-0.4, -0.2) is 60.4 Å². The molecule has 2 aliphatic heterocycles. The van der Waals surface area contributed by atoms with Crippen LogP contribution < -0.4 is 5.32 Å². The molecule has 2 saturated heterocycles. The summed E-state index contributed by atoms with van der Waals surface area (Å²) >= 11 is 0. The van der Waals surface area contributed by atoms with Crippen LogP contribution in [0.2, 0.25) is 0 Å². The van der Waals surface area contributed by atoms with Gasteiger partial charge >= 0.3 is 11.8 Å². The molecule has 0 bridgehead atoms. The van der Waals surface area contributed by atoms with Crippen LogP contribution >= 0.6 is 0 Å². The molecule has 16 heavy (non-hydrogen) atoms. The summed E-state index contributed by atoms with van der Waals surface area (Å²) in [5.41, 5.74) is 0. The molecule has 86 valence electrons. The molecule has 0 saturated carbocycles. The normalized spacial score (nSPS) is 25.3. The van der Waals surface area contributed by atoms with Crippen molar-refractivity contribution in [2.45, 2.75) is 12.5 Å². The maximum Gasteiger partial charge on any atom is 0.312 e. The fraction of sp³-hybridized carbons (Fsp3) is 0.636. The Labute approximate surface area is 94.8 Å². The molecule has 2 heterocycles. The smallest absolute Gasteiger partial charge is 0.312 e. The van der Waals surface area contributed by atoms with Crippen LogP contribution in [0.15, 0.2) is 0 Å². The lowest BCUT2D eigenvalue weighted by atomic mass is 10.1. The first kappa shape index (κ1) is 11.0. The van der Waals surface area contributed by atoms with E-state index < -0.39 is 5.91 Å². The molecular weight excluding hydrogens is 206 g/mol. The molecule has 0 spiro atoms. The monoisotopic (exact) mass is 221 g/mol. The van der Waals surface area contributed by atoms with Gasteiger partial charge in [0, 0.05) is 39.1 Å². The van der Waals surface area contributed by atoms with Gasteiger partial charge in [0.05, 0.1) is 6.04 Å². The number of carbonyl (C=O) groups is 2. The van der Waals surface area contributed by atoms with Gasteiger partial charge in [-0.2, -0.15) is 0 Å². The summed E-state index contributed by atoms with van der Waals surface area (Å²) in [7, 11) is 0. The first-order valence-electron chi connectivity index (χ1n) is 5.48. The van der Waals surface area contributed by atoms with E-state index in [1.54, 1.807) is 9.80 Å². The minimum Gasteiger partial charge on any atom is -0.331 e. The van der Waals surface area contributed by atoms with Crippen LogP contribution in [0.5, 0.6) is 0 Å². The lowest BCUT2D eigenvalue weighted by Crippen LogP contribution is -2.65. The van der Waals surface area contributed by atoms with E-state index in [1.807, 2.05) is 0 Å². The van der Waals surface area contributed by atoms with Gasteiger partial charge in [0.15, 0.2) is 0 Å². The zero-order valence-electron chi connectivity index (χ0n) is 9.11. The summed E-state index contributed by atoms with van der Waals surface area (Å²) in [5, 5.41) is 3.22. The summed E-state index contributed by atoms with van der Waals surface area (Å²) in [4.78, 5) is 26.8. The molecule has 0 aromatic rings. The van der Waals surface area contributed by atoms with E-state index in [-0.39, 0.29) is 11.9 Å². The Morgan fingerprint density at radius 2 is 2.25 bits per heavy atom. The minimum absolute atomic E-state index is 0.108. The standard InChI is InChI=1S/C11H15N3O2/c1-2-3-5-13-8-9-7-12-4-6-14(9)11(16)10(13)15/h1,9,12H,3-8H2. The highest BCUT2D eigenvalue weighted by Gasteiger charge is 2.39. The highest BCUT2D eigenvalue weighted by Crippen LogP contribution is 2.13. The van der Waals surface area contributed by atoms with Gasteiger partial charge in [-0.1, -0.05) is 0 Å². The highest BCUT2D eigenvalue weighted by atomic mass is 16.2. The zero-order valence-corrected chi connectivity index (χ0v) is 9.11. The second-order valence-electron chi connectivity index (χ2n) is 4.06. The number of carbonyl (C=O) groups excluding carboxylic acids is 2. The van der Waals surface area contributed by atoms with E-state index >= 15 is 0 Å². The van der Waals surface area contributed by atoms with Crippen molar-refractivity contribution < 1.29 is 9.59 Å². The number of rotatable bonds is 2. The molecule has 2 aliphatic rings. The van der Waals surface area contributed by atoms with Crippen molar-refractivity contribution in [2.75, 3.05) is 32.7 Å². The molecule has 0 aliphatic carbocycles. The van der Waals surface area contributed by atoms with Gasteiger partial charge in [-0.3, -0.25) is 9.59 Å². The van der Waals surface area contributed by atoms with Gasteiger partial charge < -0.3 is 15.1 Å². The summed E-state index contributed by atoms with van der Waals surface area (Å²) in [6, 6.07) is 0.108. The topological polar surface area (TPSA) is 52.6 Å². The van der Waals surface area contributed by atoms with Crippen LogP contribution in [0.3, 0.4) is 0 Å². The molecule has 0 radical (unpaired) electrons. The number of hydrogen-bond acceptors (Lipinski definition) is 3. The molecule has 1 N–H and O–H groups in total. The number of nitrogens with one attached hydrogen (secondary N) is 1. The number of piperazine rings is 2. The number of hydrogen-bond donors (Lipinski definition) is 1. The summed E-state index contributed by atoms with van der Waals surface area (Å²) < 4.78 is 0. The average Bonchev–Trinajstić information content (AvgIpc) is 2.32. The molecule has 2 rings (SSSR count). The van der Waals surface area contributed by atoms with E-state index in [0.29, 0.717) is 26.1 Å². The van der Waals surface area contributed by atoms with Crippen LogP contribution in [0, 0.1) is 12.3 Å². The van der Waals surface area contributed by atoms with E-state index in [2.05, 4.69) is 11.2 Å². The quantitative estimate of drug-likeness (QED) is 0.463. The second kappa shape index (κ2) is 4.54. The van der Waals surface area contributed by atoms with E-state index in [9.17, 15) is 9.59 Å². The third kappa shape index (κ3) is 1.89. The number of nitrogens with zero attached hydrogens (tertiary/aromatic N) is 2. The molecule has 5 nitrogen and oxygen atoms in total. The van der Waals surface area contributed by atoms with Crippen molar-refractivity contribution in [3.63, 3.8) is 0 Å².